The summed E-state index contributed by atoms with van der Waals surface area (Å²) in [5, 5.41) is 11.3. The number of benzene rings is 1. The zero-order valence-corrected chi connectivity index (χ0v) is 19.0. The van der Waals surface area contributed by atoms with Crippen LogP contribution >= 0.6 is 35.0 Å². The van der Waals surface area contributed by atoms with Gasteiger partial charge >= 0.3 is 0 Å². The van der Waals surface area contributed by atoms with E-state index in [2.05, 4.69) is 48.2 Å². The third kappa shape index (κ3) is 7.39. The summed E-state index contributed by atoms with van der Waals surface area (Å²) in [6, 6.07) is 7.68. The number of carbonyl (C=O) groups excluding carboxylic acids is 1. The molecule has 2 aromatic rings. The van der Waals surface area contributed by atoms with E-state index >= 15 is 0 Å². The molecule has 1 amide bonds. The molecule has 2 heterocycles. The van der Waals surface area contributed by atoms with Gasteiger partial charge in [0.1, 0.15) is 0 Å². The molecule has 1 aromatic carbocycles. The quantitative estimate of drug-likeness (QED) is 0.364. The van der Waals surface area contributed by atoms with Crippen LogP contribution in [0.5, 0.6) is 0 Å². The Labute approximate surface area is 190 Å². The summed E-state index contributed by atoms with van der Waals surface area (Å²) in [6.07, 6.45) is 8.91. The Kier molecular flexibility index (Phi) is 9.52. The summed E-state index contributed by atoms with van der Waals surface area (Å²) in [4.78, 5) is 20.4. The summed E-state index contributed by atoms with van der Waals surface area (Å²) in [6.45, 7) is 1.11. The minimum atomic E-state index is -0.0660. The molecule has 10 heteroatoms. The van der Waals surface area contributed by atoms with Crippen molar-refractivity contribution >= 4 is 53.1 Å². The highest BCUT2D eigenvalue weighted by Gasteiger charge is 2.10. The van der Waals surface area contributed by atoms with E-state index in [0.717, 1.165) is 41.4 Å². The zero-order chi connectivity index (χ0) is 19.8. The van der Waals surface area contributed by atoms with E-state index in [-0.39, 0.29) is 24.4 Å². The van der Waals surface area contributed by atoms with Gasteiger partial charge in [-0.3, -0.25) is 9.48 Å². The number of hydrogen-bond donors (Lipinski definition) is 2. The van der Waals surface area contributed by atoms with Crippen molar-refractivity contribution < 1.29 is 4.79 Å². The Balaban J connectivity index is 0.00000300. The predicted octanol–water partition coefficient (Wildman–Crippen LogP) is 2.61. The van der Waals surface area contributed by atoms with E-state index in [0.29, 0.717) is 24.6 Å². The van der Waals surface area contributed by atoms with Crippen LogP contribution < -0.4 is 11.1 Å². The van der Waals surface area contributed by atoms with Gasteiger partial charge in [0, 0.05) is 22.5 Å². The average Bonchev–Trinajstić information content (AvgIpc) is 3.30. The van der Waals surface area contributed by atoms with Crippen LogP contribution in [-0.4, -0.2) is 45.7 Å². The van der Waals surface area contributed by atoms with Crippen LogP contribution in [0.1, 0.15) is 41.7 Å². The molecular weight excluding hydrogens is 505 g/mol. The molecule has 0 bridgehead atoms. The Morgan fingerprint density at radius 2 is 2.07 bits per heavy atom. The fraction of sp³-hybridized carbons (Fsp3) is 0.421. The molecule has 0 saturated carbocycles. The molecule has 8 nitrogen and oxygen atoms in total. The minimum Gasteiger partial charge on any atom is -0.368 e. The molecule has 0 aliphatic carbocycles. The van der Waals surface area contributed by atoms with Crippen LogP contribution in [0.4, 0.5) is 0 Å². The Bertz CT molecular complexity index is 868. The number of nitrogens with two attached hydrogens (primary N) is 1. The minimum absolute atomic E-state index is 0. The van der Waals surface area contributed by atoms with Gasteiger partial charge in [-0.25, -0.2) is 9.98 Å². The molecule has 3 rings (SSSR count). The van der Waals surface area contributed by atoms with Gasteiger partial charge in [-0.15, -0.1) is 17.5 Å². The van der Waals surface area contributed by atoms with E-state index < -0.39 is 0 Å². The number of amides is 1. The molecule has 29 heavy (non-hydrogen) atoms. The van der Waals surface area contributed by atoms with E-state index in [9.17, 15) is 4.79 Å². The monoisotopic (exact) mass is 529 g/mol. The summed E-state index contributed by atoms with van der Waals surface area (Å²) in [7, 11) is 0. The highest BCUT2D eigenvalue weighted by Crippen LogP contribution is 2.11. The lowest BCUT2D eigenvalue weighted by atomic mass is 10.1. The molecular formula is C19H25ClIN7O. The summed E-state index contributed by atoms with van der Waals surface area (Å²) >= 11 is 2.17. The number of guanidine groups is 1. The van der Waals surface area contributed by atoms with Crippen LogP contribution in [0, 0.1) is 3.57 Å². The molecule has 0 saturated heterocycles. The fourth-order valence-electron chi connectivity index (χ4n) is 2.96. The number of hydrogen-bond acceptors (Lipinski definition) is 6. The summed E-state index contributed by atoms with van der Waals surface area (Å²) in [5.74, 6) is 0.319. The third-order valence-electron chi connectivity index (χ3n) is 4.44. The summed E-state index contributed by atoms with van der Waals surface area (Å²) in [5.41, 5.74) is 7.21. The van der Waals surface area contributed by atoms with Crippen molar-refractivity contribution in [3.05, 3.63) is 45.3 Å². The van der Waals surface area contributed by atoms with Gasteiger partial charge in [-0.05, 0) is 54.0 Å². The summed E-state index contributed by atoms with van der Waals surface area (Å²) < 4.78 is 2.72. The molecule has 3 N–H and O–H groups in total. The predicted molar refractivity (Wildman–Crippen MR) is 125 cm³/mol. The van der Waals surface area contributed by atoms with Gasteiger partial charge in [0.25, 0.3) is 5.91 Å². The SMILES string of the molecule is Cl.NC1=NC(CCCCCc2cn(CCNC(=O)c3ccccc3I)nn2)C=N1. The topological polar surface area (TPSA) is 111 Å². The van der Waals surface area contributed by atoms with Crippen molar-refractivity contribution in [3.63, 3.8) is 0 Å². The second-order valence-electron chi connectivity index (χ2n) is 6.64. The maximum absolute atomic E-state index is 12.2. The van der Waals surface area contributed by atoms with Crippen LogP contribution in [0.2, 0.25) is 0 Å². The first-order valence-corrected chi connectivity index (χ1v) is 10.5. The number of halogens is 2. The van der Waals surface area contributed by atoms with Gasteiger partial charge in [0.2, 0.25) is 5.96 Å². The van der Waals surface area contributed by atoms with Crippen LogP contribution in [0.3, 0.4) is 0 Å². The molecule has 156 valence electrons. The van der Waals surface area contributed by atoms with Gasteiger partial charge in [0.15, 0.2) is 0 Å². The van der Waals surface area contributed by atoms with Crippen molar-refractivity contribution in [2.75, 3.05) is 6.54 Å². The lowest BCUT2D eigenvalue weighted by Crippen LogP contribution is -2.28. The smallest absolute Gasteiger partial charge is 0.252 e. The van der Waals surface area contributed by atoms with Crippen molar-refractivity contribution in [2.45, 2.75) is 44.7 Å². The molecule has 1 unspecified atom stereocenters. The van der Waals surface area contributed by atoms with E-state index in [1.807, 2.05) is 36.7 Å². The van der Waals surface area contributed by atoms with E-state index in [1.54, 1.807) is 4.68 Å². The standard InChI is InChI=1S/C19H24IN7O.ClH/c20-17-9-5-4-8-16(17)18(28)22-10-11-27-13-15(25-26-27)7-3-1-2-6-14-12-23-19(21)24-14;/h4-5,8-9,12-14H,1-3,6-7,10-11H2,(H2,21,24)(H,22,28);1H. The number of nitrogens with one attached hydrogen (secondary N) is 1. The second-order valence-corrected chi connectivity index (χ2v) is 7.80. The number of rotatable bonds is 10. The number of unbranched alkanes of at least 4 members (excludes halogenated alkanes) is 2. The molecule has 0 fully saturated rings. The highest BCUT2D eigenvalue weighted by molar-refractivity contribution is 14.1. The van der Waals surface area contributed by atoms with E-state index in [1.165, 1.54) is 0 Å². The van der Waals surface area contributed by atoms with Gasteiger partial charge < -0.3 is 11.1 Å². The first kappa shape index (κ1) is 23.3. The van der Waals surface area contributed by atoms with Crippen molar-refractivity contribution in [1.29, 1.82) is 0 Å². The number of aliphatic imine (C=N–C) groups is 2. The van der Waals surface area contributed by atoms with Crippen molar-refractivity contribution in [2.24, 2.45) is 15.7 Å². The lowest BCUT2D eigenvalue weighted by Gasteiger charge is -2.06. The van der Waals surface area contributed by atoms with Gasteiger partial charge in [-0.1, -0.05) is 30.2 Å². The maximum Gasteiger partial charge on any atom is 0.252 e. The number of aryl methyl sites for hydroxylation is 1. The van der Waals surface area contributed by atoms with E-state index in [4.69, 9.17) is 5.73 Å². The second kappa shape index (κ2) is 11.9. The Hall–Kier alpha value is -2.01. The average molecular weight is 530 g/mol. The molecule has 1 aliphatic rings. The number of nitrogens with zero attached hydrogens (tertiary/aromatic N) is 5. The van der Waals surface area contributed by atoms with Crippen LogP contribution in [0.15, 0.2) is 40.4 Å². The van der Waals surface area contributed by atoms with Crippen molar-refractivity contribution in [1.82, 2.24) is 20.3 Å². The molecule has 0 radical (unpaired) electrons. The lowest BCUT2D eigenvalue weighted by molar-refractivity contribution is 0.0951. The Morgan fingerprint density at radius 3 is 2.83 bits per heavy atom. The fourth-order valence-corrected chi connectivity index (χ4v) is 3.59. The van der Waals surface area contributed by atoms with Crippen LogP contribution in [0.25, 0.3) is 0 Å². The highest BCUT2D eigenvalue weighted by atomic mass is 127. The molecule has 1 atom stereocenters. The molecule has 1 aromatic heterocycles. The first-order valence-electron chi connectivity index (χ1n) is 9.41. The largest absolute Gasteiger partial charge is 0.368 e. The Morgan fingerprint density at radius 1 is 1.24 bits per heavy atom. The van der Waals surface area contributed by atoms with Gasteiger partial charge in [-0.2, -0.15) is 0 Å². The van der Waals surface area contributed by atoms with Crippen LogP contribution in [-0.2, 0) is 13.0 Å². The number of aromatic nitrogens is 3. The van der Waals surface area contributed by atoms with Crippen molar-refractivity contribution in [3.8, 4) is 0 Å². The zero-order valence-electron chi connectivity index (χ0n) is 16.0. The first-order chi connectivity index (χ1) is 13.6. The number of carbonyl (C=O) groups is 1. The third-order valence-corrected chi connectivity index (χ3v) is 5.38. The molecule has 1 aliphatic heterocycles. The van der Waals surface area contributed by atoms with Gasteiger partial charge in [0.05, 0.1) is 23.8 Å². The molecule has 0 spiro atoms. The normalized spacial score (nSPS) is 15.1. The maximum atomic E-state index is 12.2.